The first-order chi connectivity index (χ1) is 5.66. The monoisotopic (exact) mass is 168 g/mol. The molecular formula is C10H16O2. The zero-order chi connectivity index (χ0) is 9.14. The van der Waals surface area contributed by atoms with Crippen LogP contribution >= 0.6 is 0 Å². The topological polar surface area (TPSA) is 40.5 Å². The molecule has 0 aromatic carbocycles. The zero-order valence-corrected chi connectivity index (χ0v) is 7.40. The Morgan fingerprint density at radius 1 is 1.58 bits per heavy atom. The summed E-state index contributed by atoms with van der Waals surface area (Å²) in [5, 5.41) is 18.9. The minimum absolute atomic E-state index is 0.0520. The molecule has 0 heterocycles. The van der Waals surface area contributed by atoms with Crippen LogP contribution in [0.2, 0.25) is 0 Å². The smallest absolute Gasteiger partial charge is 0.0776 e. The Hall–Kier alpha value is -0.600. The lowest BCUT2D eigenvalue weighted by molar-refractivity contribution is 0.120. The number of rotatable bonds is 2. The number of aliphatic hydroxyl groups is 2. The van der Waals surface area contributed by atoms with Gasteiger partial charge in [0, 0.05) is 12.3 Å². The Balaban J connectivity index is 2.57. The minimum atomic E-state index is -0.504. The van der Waals surface area contributed by atoms with E-state index in [9.17, 15) is 10.2 Å². The molecule has 2 heteroatoms. The van der Waals surface area contributed by atoms with Crippen molar-refractivity contribution in [3.8, 4) is 0 Å². The van der Waals surface area contributed by atoms with E-state index in [2.05, 4.69) is 6.58 Å². The maximum absolute atomic E-state index is 9.50. The predicted octanol–water partition coefficient (Wildman–Crippen LogP) is 1.25. The second-order valence-corrected chi connectivity index (χ2v) is 3.30. The highest BCUT2D eigenvalue weighted by Gasteiger charge is 2.34. The van der Waals surface area contributed by atoms with Crippen molar-refractivity contribution in [2.45, 2.75) is 32.0 Å². The Labute approximate surface area is 73.2 Å². The maximum atomic E-state index is 9.50. The summed E-state index contributed by atoms with van der Waals surface area (Å²) >= 11 is 0. The third-order valence-corrected chi connectivity index (χ3v) is 2.46. The summed E-state index contributed by atoms with van der Waals surface area (Å²) in [6.45, 7) is 5.72. The molecule has 1 aliphatic carbocycles. The fourth-order valence-corrected chi connectivity index (χ4v) is 1.63. The lowest BCUT2D eigenvalue weighted by Crippen LogP contribution is -2.12. The van der Waals surface area contributed by atoms with Crippen LogP contribution < -0.4 is 0 Å². The average Bonchev–Trinajstić information content (AvgIpc) is 2.25. The van der Waals surface area contributed by atoms with E-state index in [1.165, 1.54) is 0 Å². The third-order valence-electron chi connectivity index (χ3n) is 2.46. The van der Waals surface area contributed by atoms with E-state index in [4.69, 9.17) is 0 Å². The molecule has 1 rings (SSSR count). The molecule has 1 unspecified atom stereocenters. The molecule has 0 bridgehead atoms. The molecule has 0 aromatic rings. The van der Waals surface area contributed by atoms with Gasteiger partial charge in [-0.05, 0) is 18.9 Å². The van der Waals surface area contributed by atoms with E-state index >= 15 is 0 Å². The zero-order valence-electron chi connectivity index (χ0n) is 7.40. The molecule has 0 amide bonds. The van der Waals surface area contributed by atoms with Crippen LogP contribution in [-0.4, -0.2) is 22.4 Å². The minimum Gasteiger partial charge on any atom is -0.392 e. The van der Waals surface area contributed by atoms with Gasteiger partial charge in [-0.2, -0.15) is 0 Å². The summed E-state index contributed by atoms with van der Waals surface area (Å²) in [5.74, 6) is 0.0520. The molecule has 0 radical (unpaired) electrons. The first-order valence-electron chi connectivity index (χ1n) is 4.32. The highest BCUT2D eigenvalue weighted by molar-refractivity contribution is 5.17. The van der Waals surface area contributed by atoms with Gasteiger partial charge >= 0.3 is 0 Å². The number of hydrogen-bond acceptors (Lipinski definition) is 2. The number of aliphatic hydroxyl groups excluding tert-OH is 2. The van der Waals surface area contributed by atoms with Crippen molar-refractivity contribution in [2.24, 2.45) is 5.92 Å². The summed E-state index contributed by atoms with van der Waals surface area (Å²) in [6.07, 6.45) is 4.26. The van der Waals surface area contributed by atoms with E-state index < -0.39 is 12.2 Å². The van der Waals surface area contributed by atoms with Crippen LogP contribution in [-0.2, 0) is 0 Å². The van der Waals surface area contributed by atoms with Crippen molar-refractivity contribution in [3.05, 3.63) is 24.3 Å². The largest absolute Gasteiger partial charge is 0.392 e. The van der Waals surface area contributed by atoms with Gasteiger partial charge in [0.05, 0.1) is 12.2 Å². The van der Waals surface area contributed by atoms with Gasteiger partial charge < -0.3 is 10.2 Å². The van der Waals surface area contributed by atoms with Crippen LogP contribution in [0, 0.1) is 5.92 Å². The summed E-state index contributed by atoms with van der Waals surface area (Å²) < 4.78 is 0. The standard InChI is InChI=1S/C10H16O2/c1-3-4-5-8-7(2)9(11)6-10(8)12/h3-4,8-12H,2,5-6H2,1H3/b4-3-/t8?,9-,10+/m1/s1. The molecule has 12 heavy (non-hydrogen) atoms. The second-order valence-electron chi connectivity index (χ2n) is 3.30. The molecule has 1 fully saturated rings. The number of allylic oxidation sites excluding steroid dienone is 2. The second kappa shape index (κ2) is 3.87. The molecule has 68 valence electrons. The van der Waals surface area contributed by atoms with Crippen LogP contribution in [0.3, 0.4) is 0 Å². The van der Waals surface area contributed by atoms with Crippen molar-refractivity contribution >= 4 is 0 Å². The fraction of sp³-hybridized carbons (Fsp3) is 0.600. The van der Waals surface area contributed by atoms with E-state index in [1.54, 1.807) is 0 Å². The molecule has 1 saturated carbocycles. The molecule has 0 spiro atoms. The first-order valence-corrected chi connectivity index (χ1v) is 4.32. The van der Waals surface area contributed by atoms with Crippen LogP contribution in [0.15, 0.2) is 24.3 Å². The number of hydrogen-bond donors (Lipinski definition) is 2. The summed E-state index contributed by atoms with van der Waals surface area (Å²) in [6, 6.07) is 0. The van der Waals surface area contributed by atoms with Crippen molar-refractivity contribution in [2.75, 3.05) is 0 Å². The Morgan fingerprint density at radius 3 is 2.67 bits per heavy atom. The quantitative estimate of drug-likeness (QED) is 0.609. The molecule has 2 nitrogen and oxygen atoms in total. The lowest BCUT2D eigenvalue weighted by Gasteiger charge is -2.12. The van der Waals surface area contributed by atoms with E-state index in [0.29, 0.717) is 6.42 Å². The SMILES string of the molecule is C=C1C(C/C=C\C)[C@@H](O)C[C@H]1O. The van der Waals surface area contributed by atoms with E-state index in [1.807, 2.05) is 19.1 Å². The summed E-state index contributed by atoms with van der Waals surface area (Å²) in [5.41, 5.74) is 0.778. The van der Waals surface area contributed by atoms with Crippen LogP contribution in [0.1, 0.15) is 19.8 Å². The Bertz CT molecular complexity index is 196. The molecule has 0 aromatic heterocycles. The van der Waals surface area contributed by atoms with Gasteiger partial charge in [-0.1, -0.05) is 18.7 Å². The Morgan fingerprint density at radius 2 is 2.25 bits per heavy atom. The van der Waals surface area contributed by atoms with Gasteiger partial charge in [-0.25, -0.2) is 0 Å². The average molecular weight is 168 g/mol. The van der Waals surface area contributed by atoms with Gasteiger partial charge in [0.1, 0.15) is 0 Å². The Kier molecular flexibility index (Phi) is 3.06. The van der Waals surface area contributed by atoms with Crippen LogP contribution in [0.5, 0.6) is 0 Å². The first kappa shape index (κ1) is 9.49. The molecular weight excluding hydrogens is 152 g/mol. The lowest BCUT2D eigenvalue weighted by atomic mass is 9.98. The van der Waals surface area contributed by atoms with E-state index in [-0.39, 0.29) is 5.92 Å². The predicted molar refractivity (Wildman–Crippen MR) is 48.7 cm³/mol. The highest BCUT2D eigenvalue weighted by atomic mass is 16.3. The van der Waals surface area contributed by atoms with Gasteiger partial charge in [0.15, 0.2) is 0 Å². The van der Waals surface area contributed by atoms with Gasteiger partial charge in [-0.15, -0.1) is 0 Å². The van der Waals surface area contributed by atoms with Crippen molar-refractivity contribution in [1.29, 1.82) is 0 Å². The molecule has 3 atom stereocenters. The third kappa shape index (κ3) is 1.76. The normalized spacial score (nSPS) is 36.6. The summed E-state index contributed by atoms with van der Waals surface area (Å²) in [4.78, 5) is 0. The van der Waals surface area contributed by atoms with Crippen molar-refractivity contribution < 1.29 is 10.2 Å². The van der Waals surface area contributed by atoms with Crippen molar-refractivity contribution in [1.82, 2.24) is 0 Å². The van der Waals surface area contributed by atoms with Crippen LogP contribution in [0.4, 0.5) is 0 Å². The van der Waals surface area contributed by atoms with E-state index in [0.717, 1.165) is 12.0 Å². The summed E-state index contributed by atoms with van der Waals surface area (Å²) in [7, 11) is 0. The molecule has 2 N–H and O–H groups in total. The van der Waals surface area contributed by atoms with Crippen LogP contribution in [0.25, 0.3) is 0 Å². The maximum Gasteiger partial charge on any atom is 0.0776 e. The molecule has 0 saturated heterocycles. The van der Waals surface area contributed by atoms with Crippen molar-refractivity contribution in [3.63, 3.8) is 0 Å². The van der Waals surface area contributed by atoms with Gasteiger partial charge in [0.2, 0.25) is 0 Å². The molecule has 0 aliphatic heterocycles. The van der Waals surface area contributed by atoms with Gasteiger partial charge in [0.25, 0.3) is 0 Å². The van der Waals surface area contributed by atoms with Gasteiger partial charge in [-0.3, -0.25) is 0 Å². The molecule has 1 aliphatic rings. The fourth-order valence-electron chi connectivity index (χ4n) is 1.63. The highest BCUT2D eigenvalue weighted by Crippen LogP contribution is 2.33.